The highest BCUT2D eigenvalue weighted by atomic mass is 16.5. The van der Waals surface area contributed by atoms with Crippen LogP contribution in [0.5, 0.6) is 0 Å². The van der Waals surface area contributed by atoms with Gasteiger partial charge in [0.2, 0.25) is 0 Å². The molecule has 0 aromatic heterocycles. The molecular weight excluding hydrogens is 232 g/mol. The number of likely N-dealkylation sites (N-methyl/N-ethyl adjacent to an activating group) is 1. The van der Waals surface area contributed by atoms with Crippen LogP contribution < -0.4 is 5.32 Å². The summed E-state index contributed by atoms with van der Waals surface area (Å²) in [4.78, 5) is 13.9. The summed E-state index contributed by atoms with van der Waals surface area (Å²) in [5, 5.41) is 3.34. The first-order valence-electron chi connectivity index (χ1n) is 6.76. The SMILES string of the molecule is CCN(CCOC)CCC(NC1CC1)C(=O)OC. The molecule has 1 atom stereocenters. The summed E-state index contributed by atoms with van der Waals surface area (Å²) in [7, 11) is 3.16. The maximum Gasteiger partial charge on any atom is 0.322 e. The summed E-state index contributed by atoms with van der Waals surface area (Å²) in [5.41, 5.74) is 0. The zero-order chi connectivity index (χ0) is 13.4. The molecule has 1 unspecified atom stereocenters. The maximum atomic E-state index is 11.7. The Kier molecular flexibility index (Phi) is 7.23. The average molecular weight is 258 g/mol. The van der Waals surface area contributed by atoms with Gasteiger partial charge >= 0.3 is 5.97 Å². The minimum Gasteiger partial charge on any atom is -0.468 e. The van der Waals surface area contributed by atoms with Crippen molar-refractivity contribution in [3.63, 3.8) is 0 Å². The predicted octanol–water partition coefficient (Wildman–Crippen LogP) is 0.638. The number of ether oxygens (including phenoxy) is 2. The molecule has 0 aliphatic heterocycles. The third kappa shape index (κ3) is 5.80. The van der Waals surface area contributed by atoms with E-state index >= 15 is 0 Å². The Morgan fingerprint density at radius 2 is 2.11 bits per heavy atom. The summed E-state index contributed by atoms with van der Waals surface area (Å²) in [6.45, 7) is 5.62. The molecule has 1 aliphatic carbocycles. The molecule has 0 heterocycles. The largest absolute Gasteiger partial charge is 0.468 e. The number of nitrogens with zero attached hydrogens (tertiary/aromatic N) is 1. The van der Waals surface area contributed by atoms with Crippen molar-refractivity contribution in [1.29, 1.82) is 0 Å². The molecule has 0 bridgehead atoms. The van der Waals surface area contributed by atoms with Crippen molar-refractivity contribution < 1.29 is 14.3 Å². The van der Waals surface area contributed by atoms with Crippen LogP contribution in [-0.4, -0.2) is 63.4 Å². The number of rotatable bonds is 10. The number of nitrogens with one attached hydrogen (secondary N) is 1. The van der Waals surface area contributed by atoms with Crippen molar-refractivity contribution in [1.82, 2.24) is 10.2 Å². The maximum absolute atomic E-state index is 11.7. The van der Waals surface area contributed by atoms with Crippen LogP contribution in [0.4, 0.5) is 0 Å². The number of hydrogen-bond acceptors (Lipinski definition) is 5. The van der Waals surface area contributed by atoms with Crippen LogP contribution in [0.15, 0.2) is 0 Å². The molecule has 5 nitrogen and oxygen atoms in total. The lowest BCUT2D eigenvalue weighted by Gasteiger charge is -2.23. The van der Waals surface area contributed by atoms with E-state index in [0.29, 0.717) is 6.04 Å². The van der Waals surface area contributed by atoms with Crippen LogP contribution in [0, 0.1) is 0 Å². The van der Waals surface area contributed by atoms with E-state index in [-0.39, 0.29) is 12.0 Å². The Bertz CT molecular complexity index is 244. The second-order valence-electron chi connectivity index (χ2n) is 4.73. The molecule has 0 saturated heterocycles. The van der Waals surface area contributed by atoms with Gasteiger partial charge in [-0.15, -0.1) is 0 Å². The van der Waals surface area contributed by atoms with E-state index in [4.69, 9.17) is 9.47 Å². The molecule has 106 valence electrons. The molecule has 1 fully saturated rings. The van der Waals surface area contributed by atoms with Gasteiger partial charge < -0.3 is 19.7 Å². The number of methoxy groups -OCH3 is 2. The first-order valence-corrected chi connectivity index (χ1v) is 6.76. The third-order valence-corrected chi connectivity index (χ3v) is 3.29. The monoisotopic (exact) mass is 258 g/mol. The highest BCUT2D eigenvalue weighted by molar-refractivity contribution is 5.75. The summed E-state index contributed by atoms with van der Waals surface area (Å²) >= 11 is 0. The van der Waals surface area contributed by atoms with Crippen molar-refractivity contribution in [2.24, 2.45) is 0 Å². The molecule has 1 N–H and O–H groups in total. The number of esters is 1. The first kappa shape index (κ1) is 15.4. The first-order chi connectivity index (χ1) is 8.71. The van der Waals surface area contributed by atoms with E-state index < -0.39 is 0 Å². The normalized spacial score (nSPS) is 16.9. The van der Waals surface area contributed by atoms with Gasteiger partial charge in [-0.1, -0.05) is 6.92 Å². The van der Waals surface area contributed by atoms with Gasteiger partial charge in [0, 0.05) is 26.2 Å². The molecule has 0 aromatic carbocycles. The van der Waals surface area contributed by atoms with Gasteiger partial charge in [0.05, 0.1) is 13.7 Å². The van der Waals surface area contributed by atoms with Crippen LogP contribution in [0.1, 0.15) is 26.2 Å². The zero-order valence-electron chi connectivity index (χ0n) is 11.8. The van der Waals surface area contributed by atoms with Crippen molar-refractivity contribution in [3.8, 4) is 0 Å². The Morgan fingerprint density at radius 1 is 1.39 bits per heavy atom. The molecule has 0 radical (unpaired) electrons. The lowest BCUT2D eigenvalue weighted by molar-refractivity contribution is -0.143. The molecule has 5 heteroatoms. The fourth-order valence-electron chi connectivity index (χ4n) is 1.91. The minimum absolute atomic E-state index is 0.148. The second-order valence-corrected chi connectivity index (χ2v) is 4.73. The van der Waals surface area contributed by atoms with Crippen molar-refractivity contribution in [2.75, 3.05) is 40.5 Å². The van der Waals surface area contributed by atoms with E-state index in [2.05, 4.69) is 17.1 Å². The Morgan fingerprint density at radius 3 is 2.61 bits per heavy atom. The third-order valence-electron chi connectivity index (χ3n) is 3.29. The Balaban J connectivity index is 2.31. The molecule has 1 saturated carbocycles. The summed E-state index contributed by atoms with van der Waals surface area (Å²) in [6, 6.07) is 0.349. The summed E-state index contributed by atoms with van der Waals surface area (Å²) in [6.07, 6.45) is 3.14. The van der Waals surface area contributed by atoms with Gasteiger partial charge in [-0.25, -0.2) is 0 Å². The van der Waals surface area contributed by atoms with Gasteiger partial charge in [-0.3, -0.25) is 4.79 Å². The van der Waals surface area contributed by atoms with Gasteiger partial charge in [0.1, 0.15) is 6.04 Å². The predicted molar refractivity (Wildman–Crippen MR) is 70.6 cm³/mol. The molecule has 0 spiro atoms. The van der Waals surface area contributed by atoms with E-state index in [1.165, 1.54) is 20.0 Å². The molecule has 0 aromatic rings. The van der Waals surface area contributed by atoms with Crippen LogP contribution in [-0.2, 0) is 14.3 Å². The topological polar surface area (TPSA) is 50.8 Å². The van der Waals surface area contributed by atoms with Crippen LogP contribution in [0.3, 0.4) is 0 Å². The van der Waals surface area contributed by atoms with Crippen LogP contribution in [0.25, 0.3) is 0 Å². The number of carbonyl (C=O) groups excluding carboxylic acids is 1. The lowest BCUT2D eigenvalue weighted by atomic mass is 10.2. The quantitative estimate of drug-likeness (QED) is 0.583. The second kappa shape index (κ2) is 8.45. The fourth-order valence-corrected chi connectivity index (χ4v) is 1.91. The minimum atomic E-state index is -0.168. The fraction of sp³-hybridized carbons (Fsp3) is 0.923. The van der Waals surface area contributed by atoms with Gasteiger partial charge in [-0.05, 0) is 25.8 Å². The van der Waals surface area contributed by atoms with E-state index in [9.17, 15) is 4.79 Å². The Labute approximate surface area is 110 Å². The Hall–Kier alpha value is -0.650. The van der Waals surface area contributed by atoms with E-state index in [0.717, 1.165) is 32.7 Å². The van der Waals surface area contributed by atoms with Crippen LogP contribution >= 0.6 is 0 Å². The van der Waals surface area contributed by atoms with Gasteiger partial charge in [0.25, 0.3) is 0 Å². The van der Waals surface area contributed by atoms with Crippen molar-refractivity contribution >= 4 is 5.97 Å². The lowest BCUT2D eigenvalue weighted by Crippen LogP contribution is -2.42. The number of hydrogen-bond donors (Lipinski definition) is 1. The molecule has 0 amide bonds. The molecule has 1 rings (SSSR count). The van der Waals surface area contributed by atoms with Crippen molar-refractivity contribution in [3.05, 3.63) is 0 Å². The average Bonchev–Trinajstić information content (AvgIpc) is 3.20. The molecular formula is C13H26N2O3. The van der Waals surface area contributed by atoms with Crippen LogP contribution in [0.2, 0.25) is 0 Å². The van der Waals surface area contributed by atoms with E-state index in [1.807, 2.05) is 0 Å². The molecule has 1 aliphatic rings. The van der Waals surface area contributed by atoms with Gasteiger partial charge in [-0.2, -0.15) is 0 Å². The number of carbonyl (C=O) groups is 1. The highest BCUT2D eigenvalue weighted by Crippen LogP contribution is 2.20. The van der Waals surface area contributed by atoms with Gasteiger partial charge in [0.15, 0.2) is 0 Å². The molecule has 18 heavy (non-hydrogen) atoms. The summed E-state index contributed by atoms with van der Waals surface area (Å²) < 4.78 is 9.92. The standard InChI is InChI=1S/C13H26N2O3/c1-4-15(9-10-17-2)8-7-12(13(16)18-3)14-11-5-6-11/h11-12,14H,4-10H2,1-3H3. The van der Waals surface area contributed by atoms with Crippen molar-refractivity contribution in [2.45, 2.75) is 38.3 Å². The highest BCUT2D eigenvalue weighted by Gasteiger charge is 2.28. The van der Waals surface area contributed by atoms with E-state index in [1.54, 1.807) is 7.11 Å². The zero-order valence-corrected chi connectivity index (χ0v) is 11.8. The summed E-state index contributed by atoms with van der Waals surface area (Å²) in [5.74, 6) is -0.148. The smallest absolute Gasteiger partial charge is 0.322 e.